The fourth-order valence-electron chi connectivity index (χ4n) is 3.63. The fraction of sp³-hybridized carbons (Fsp3) is 0.500. The Morgan fingerprint density at radius 1 is 1.23 bits per heavy atom. The van der Waals surface area contributed by atoms with Gasteiger partial charge in [0.1, 0.15) is 16.2 Å². The smallest absolute Gasteiger partial charge is 0.411 e. The van der Waals surface area contributed by atoms with Crippen LogP contribution in [0.3, 0.4) is 0 Å². The van der Waals surface area contributed by atoms with Gasteiger partial charge in [0.2, 0.25) is 0 Å². The van der Waals surface area contributed by atoms with E-state index in [0.717, 1.165) is 0 Å². The first kappa shape index (κ1) is 23.3. The number of amides is 1. The minimum Gasteiger partial charge on any atom is -0.467 e. The number of carbonyl (C=O) groups excluding carboxylic acids is 3. The van der Waals surface area contributed by atoms with E-state index in [1.165, 1.54) is 23.8 Å². The number of ether oxygens (including phenoxy) is 3. The highest BCUT2D eigenvalue weighted by atomic mass is 79.9. The summed E-state index contributed by atoms with van der Waals surface area (Å²) < 4.78 is 17.3. The Bertz CT molecular complexity index is 1050. The van der Waals surface area contributed by atoms with Crippen molar-refractivity contribution in [2.45, 2.75) is 44.4 Å². The van der Waals surface area contributed by atoms with Crippen LogP contribution in [0.1, 0.15) is 27.2 Å². The number of esters is 2. The monoisotopic (exact) mass is 515 g/mol. The van der Waals surface area contributed by atoms with Crippen LogP contribution in [0.4, 0.5) is 4.79 Å². The average Bonchev–Trinajstić information content (AvgIpc) is 3.25. The molecule has 0 spiro atoms. The molecule has 3 rings (SSSR count). The molecule has 9 nitrogen and oxygen atoms in total. The lowest BCUT2D eigenvalue weighted by Gasteiger charge is -2.29. The van der Waals surface area contributed by atoms with Gasteiger partial charge in [-0.3, -0.25) is 4.90 Å². The number of hydrogen-bond acceptors (Lipinski definition) is 7. The van der Waals surface area contributed by atoms with E-state index >= 15 is 0 Å². The minimum atomic E-state index is -1.49. The molecule has 168 valence electrons. The lowest BCUT2D eigenvalue weighted by molar-refractivity contribution is -0.151. The number of benzene rings is 1. The maximum Gasteiger partial charge on any atom is 0.411 e. The number of nitrogens with zero attached hydrogens (tertiary/aromatic N) is 3. The SMILES string of the molecule is COC(=O)[C@@H]1C[C@@](C(=O)OC)(n2nc3ccc(Cl)cc3c2Br)CN1C(=O)OC(C)(C)C. The number of halogens is 2. The quantitative estimate of drug-likeness (QED) is 0.455. The van der Waals surface area contributed by atoms with Gasteiger partial charge >= 0.3 is 18.0 Å². The number of fused-ring (bicyclic) bond motifs is 1. The molecule has 2 atom stereocenters. The number of rotatable bonds is 3. The van der Waals surface area contributed by atoms with E-state index in [2.05, 4.69) is 21.0 Å². The van der Waals surface area contributed by atoms with E-state index in [0.29, 0.717) is 20.5 Å². The predicted molar refractivity (Wildman–Crippen MR) is 116 cm³/mol. The molecule has 1 fully saturated rings. The van der Waals surface area contributed by atoms with Gasteiger partial charge in [-0.1, -0.05) is 11.6 Å². The van der Waals surface area contributed by atoms with Crippen LogP contribution in [0, 0.1) is 0 Å². The van der Waals surface area contributed by atoms with Gasteiger partial charge in [-0.25, -0.2) is 19.1 Å². The molecule has 0 N–H and O–H groups in total. The van der Waals surface area contributed by atoms with E-state index in [-0.39, 0.29) is 13.0 Å². The molecule has 1 aliphatic heterocycles. The van der Waals surface area contributed by atoms with Crippen LogP contribution in [0.25, 0.3) is 10.9 Å². The van der Waals surface area contributed by atoms with Crippen molar-refractivity contribution in [2.75, 3.05) is 20.8 Å². The highest BCUT2D eigenvalue weighted by Crippen LogP contribution is 2.40. The van der Waals surface area contributed by atoms with Gasteiger partial charge in [0, 0.05) is 16.8 Å². The Balaban J connectivity index is 2.16. The van der Waals surface area contributed by atoms with Crippen molar-refractivity contribution in [3.63, 3.8) is 0 Å². The third kappa shape index (κ3) is 4.23. The van der Waals surface area contributed by atoms with Gasteiger partial charge in [-0.15, -0.1) is 0 Å². The van der Waals surface area contributed by atoms with E-state index < -0.39 is 35.2 Å². The molecule has 2 aromatic rings. The number of likely N-dealkylation sites (tertiary alicyclic amines) is 1. The van der Waals surface area contributed by atoms with Crippen LogP contribution < -0.4 is 0 Å². The van der Waals surface area contributed by atoms with Gasteiger partial charge in [0.25, 0.3) is 0 Å². The predicted octanol–water partition coefficient (Wildman–Crippen LogP) is 3.50. The van der Waals surface area contributed by atoms with Crippen molar-refractivity contribution in [1.82, 2.24) is 14.7 Å². The Labute approximate surface area is 192 Å². The zero-order valence-electron chi connectivity index (χ0n) is 17.8. The van der Waals surface area contributed by atoms with Gasteiger partial charge < -0.3 is 14.2 Å². The largest absolute Gasteiger partial charge is 0.467 e. The van der Waals surface area contributed by atoms with Crippen LogP contribution >= 0.6 is 27.5 Å². The molecular weight excluding hydrogens is 494 g/mol. The second-order valence-corrected chi connectivity index (χ2v) is 9.43. The summed E-state index contributed by atoms with van der Waals surface area (Å²) in [6.45, 7) is 4.93. The van der Waals surface area contributed by atoms with Crippen LogP contribution in [0.2, 0.25) is 5.02 Å². The van der Waals surface area contributed by atoms with E-state index in [4.69, 9.17) is 25.8 Å². The average molecular weight is 517 g/mol. The van der Waals surface area contributed by atoms with Gasteiger partial charge in [0.15, 0.2) is 5.54 Å². The van der Waals surface area contributed by atoms with Gasteiger partial charge in [-0.2, -0.15) is 5.10 Å². The van der Waals surface area contributed by atoms with Crippen LogP contribution in [0.15, 0.2) is 22.8 Å². The summed E-state index contributed by atoms with van der Waals surface area (Å²) in [6.07, 6.45) is -0.851. The number of carbonyl (C=O) groups is 3. The molecular formula is C20H23BrClN3O6. The van der Waals surface area contributed by atoms with Gasteiger partial charge in [-0.05, 0) is 54.9 Å². The first-order valence-corrected chi connectivity index (χ1v) is 10.6. The van der Waals surface area contributed by atoms with Crippen molar-refractivity contribution in [1.29, 1.82) is 0 Å². The summed E-state index contributed by atoms with van der Waals surface area (Å²) in [4.78, 5) is 39.7. The third-order valence-electron chi connectivity index (χ3n) is 4.99. The Hall–Kier alpha value is -2.33. The molecule has 0 aliphatic carbocycles. The highest BCUT2D eigenvalue weighted by molar-refractivity contribution is 9.10. The number of methoxy groups -OCH3 is 2. The molecule has 1 aromatic heterocycles. The zero-order chi connectivity index (χ0) is 23.1. The maximum absolute atomic E-state index is 13.1. The summed E-state index contributed by atoms with van der Waals surface area (Å²) in [5, 5.41) is 5.71. The molecule has 2 heterocycles. The van der Waals surface area contributed by atoms with Crippen molar-refractivity contribution in [3.8, 4) is 0 Å². The molecule has 0 unspecified atom stereocenters. The molecule has 1 saturated heterocycles. The van der Waals surface area contributed by atoms with Gasteiger partial charge in [0.05, 0.1) is 26.3 Å². The topological polar surface area (TPSA) is 100.0 Å². The third-order valence-corrected chi connectivity index (χ3v) is 5.98. The Morgan fingerprint density at radius 3 is 2.48 bits per heavy atom. The first-order chi connectivity index (χ1) is 14.4. The van der Waals surface area contributed by atoms with Crippen LogP contribution in [-0.2, 0) is 29.3 Å². The summed E-state index contributed by atoms with van der Waals surface area (Å²) >= 11 is 9.61. The van der Waals surface area contributed by atoms with Crippen molar-refractivity contribution in [3.05, 3.63) is 27.8 Å². The van der Waals surface area contributed by atoms with Crippen molar-refractivity contribution < 1.29 is 28.6 Å². The van der Waals surface area contributed by atoms with Crippen LogP contribution in [-0.4, -0.2) is 65.1 Å². The first-order valence-electron chi connectivity index (χ1n) is 9.43. The molecule has 1 aromatic carbocycles. The molecule has 31 heavy (non-hydrogen) atoms. The summed E-state index contributed by atoms with van der Waals surface area (Å²) in [5.41, 5.74) is -1.72. The van der Waals surface area contributed by atoms with Crippen molar-refractivity contribution >= 4 is 56.5 Å². The molecule has 0 bridgehead atoms. The lowest BCUT2D eigenvalue weighted by Crippen LogP contribution is -2.48. The lowest BCUT2D eigenvalue weighted by atomic mass is 9.96. The molecule has 0 radical (unpaired) electrons. The zero-order valence-corrected chi connectivity index (χ0v) is 20.1. The Kier molecular flexibility index (Phi) is 6.25. The highest BCUT2D eigenvalue weighted by Gasteiger charge is 2.58. The molecule has 0 saturated carbocycles. The molecule has 1 aliphatic rings. The summed E-state index contributed by atoms with van der Waals surface area (Å²) in [5.74, 6) is -1.33. The second kappa shape index (κ2) is 8.31. The van der Waals surface area contributed by atoms with Crippen LogP contribution in [0.5, 0.6) is 0 Å². The normalized spacial score (nSPS) is 21.3. The minimum absolute atomic E-state index is 0.105. The standard InChI is InChI=1S/C20H23BrClN3O6/c1-19(2,3)31-18(28)24-10-20(17(27)30-5,9-14(24)16(26)29-4)25-15(21)12-8-11(22)6-7-13(12)23-25/h6-8,14H,9-10H2,1-5H3/t14-,20+/m0/s1. The Morgan fingerprint density at radius 2 is 1.90 bits per heavy atom. The summed E-state index contributed by atoms with van der Waals surface area (Å²) in [6, 6.07) is 4.02. The second-order valence-electron chi connectivity index (χ2n) is 8.24. The van der Waals surface area contributed by atoms with Crippen molar-refractivity contribution in [2.24, 2.45) is 0 Å². The summed E-state index contributed by atoms with van der Waals surface area (Å²) in [7, 11) is 2.45. The van der Waals surface area contributed by atoms with E-state index in [1.54, 1.807) is 39.0 Å². The maximum atomic E-state index is 13.1. The van der Waals surface area contributed by atoms with E-state index in [9.17, 15) is 14.4 Å². The number of aromatic nitrogens is 2. The fourth-order valence-corrected chi connectivity index (χ4v) is 4.54. The van der Waals surface area contributed by atoms with E-state index in [1.807, 2.05) is 0 Å². The number of hydrogen-bond donors (Lipinski definition) is 0. The molecule has 1 amide bonds. The molecule has 11 heteroatoms.